The van der Waals surface area contributed by atoms with Crippen molar-refractivity contribution in [2.24, 2.45) is 5.73 Å². The molecule has 0 atom stereocenters. The number of amides is 1. The quantitative estimate of drug-likeness (QED) is 0.718. The molecular formula is C11H19N3O2S. The number of hydrogen-bond donors (Lipinski definition) is 2. The minimum Gasteiger partial charge on any atom is -0.379 e. The first-order chi connectivity index (χ1) is 8.13. The number of carbonyl (C=O) groups excluding carboxylic acids is 1. The van der Waals surface area contributed by atoms with Crippen molar-refractivity contribution < 1.29 is 9.53 Å². The van der Waals surface area contributed by atoms with E-state index in [1.807, 2.05) is 13.8 Å². The maximum Gasteiger partial charge on any atom is 0.270 e. The van der Waals surface area contributed by atoms with Crippen LogP contribution in [-0.4, -0.2) is 30.1 Å². The zero-order valence-electron chi connectivity index (χ0n) is 10.2. The van der Waals surface area contributed by atoms with E-state index in [-0.39, 0.29) is 12.0 Å². The number of nitrogens with two attached hydrogens (primary N) is 1. The van der Waals surface area contributed by atoms with Crippen LogP contribution in [0.4, 0.5) is 0 Å². The van der Waals surface area contributed by atoms with Crippen LogP contribution in [0.1, 0.15) is 35.8 Å². The summed E-state index contributed by atoms with van der Waals surface area (Å²) in [5.41, 5.74) is 5.88. The van der Waals surface area contributed by atoms with Gasteiger partial charge >= 0.3 is 0 Å². The Morgan fingerprint density at radius 3 is 3.00 bits per heavy atom. The first-order valence-corrected chi connectivity index (χ1v) is 6.55. The van der Waals surface area contributed by atoms with E-state index in [4.69, 9.17) is 10.5 Å². The molecule has 0 aromatic carbocycles. The molecule has 0 aliphatic heterocycles. The third-order valence-corrected chi connectivity index (χ3v) is 2.89. The van der Waals surface area contributed by atoms with Gasteiger partial charge in [0, 0.05) is 25.1 Å². The Balaban J connectivity index is 2.21. The van der Waals surface area contributed by atoms with Gasteiger partial charge in [-0.1, -0.05) is 0 Å². The second-order valence-electron chi connectivity index (χ2n) is 3.86. The summed E-state index contributed by atoms with van der Waals surface area (Å²) in [6, 6.07) is 0. The Kier molecular flexibility index (Phi) is 6.10. The highest BCUT2D eigenvalue weighted by atomic mass is 32.1. The van der Waals surface area contributed by atoms with Crippen molar-refractivity contribution in [3.8, 4) is 0 Å². The fraction of sp³-hybridized carbons (Fsp3) is 0.636. The van der Waals surface area contributed by atoms with Crippen LogP contribution in [0.2, 0.25) is 0 Å². The van der Waals surface area contributed by atoms with Crippen LogP contribution in [0.3, 0.4) is 0 Å². The molecule has 0 radical (unpaired) electrons. The molecule has 0 spiro atoms. The molecular weight excluding hydrogens is 238 g/mol. The number of hydrogen-bond acceptors (Lipinski definition) is 5. The van der Waals surface area contributed by atoms with Crippen LogP contribution in [0.5, 0.6) is 0 Å². The summed E-state index contributed by atoms with van der Waals surface area (Å²) in [6.07, 6.45) is 1.04. The Labute approximate surface area is 105 Å². The van der Waals surface area contributed by atoms with Gasteiger partial charge in [-0.05, 0) is 20.3 Å². The molecule has 1 aromatic rings. The van der Waals surface area contributed by atoms with E-state index < -0.39 is 0 Å². The molecule has 6 heteroatoms. The summed E-state index contributed by atoms with van der Waals surface area (Å²) in [5, 5.41) is 5.30. The van der Waals surface area contributed by atoms with Gasteiger partial charge in [-0.3, -0.25) is 4.79 Å². The average molecular weight is 257 g/mol. The van der Waals surface area contributed by atoms with E-state index in [0.717, 1.165) is 11.4 Å². The third-order valence-electron chi connectivity index (χ3n) is 2.02. The predicted octanol–water partition coefficient (Wildman–Crippen LogP) is 1.15. The maximum absolute atomic E-state index is 11.6. The lowest BCUT2D eigenvalue weighted by atomic mass is 10.4. The summed E-state index contributed by atoms with van der Waals surface area (Å²) in [7, 11) is 0. The molecule has 0 fully saturated rings. The number of nitrogens with one attached hydrogen (secondary N) is 1. The number of aromatic nitrogens is 1. The molecule has 1 aromatic heterocycles. The number of rotatable bonds is 7. The van der Waals surface area contributed by atoms with Gasteiger partial charge in [0.05, 0.1) is 6.10 Å². The fourth-order valence-electron chi connectivity index (χ4n) is 1.19. The van der Waals surface area contributed by atoms with Crippen molar-refractivity contribution in [3.63, 3.8) is 0 Å². The van der Waals surface area contributed by atoms with E-state index in [2.05, 4.69) is 10.3 Å². The van der Waals surface area contributed by atoms with Crippen LogP contribution in [0.25, 0.3) is 0 Å². The van der Waals surface area contributed by atoms with Crippen molar-refractivity contribution in [1.82, 2.24) is 10.3 Å². The monoisotopic (exact) mass is 257 g/mol. The van der Waals surface area contributed by atoms with Crippen molar-refractivity contribution >= 4 is 17.2 Å². The van der Waals surface area contributed by atoms with Crippen LogP contribution in [-0.2, 0) is 11.3 Å². The van der Waals surface area contributed by atoms with Crippen molar-refractivity contribution in [2.45, 2.75) is 32.9 Å². The zero-order chi connectivity index (χ0) is 12.7. The van der Waals surface area contributed by atoms with Crippen LogP contribution in [0, 0.1) is 0 Å². The Morgan fingerprint density at radius 2 is 2.41 bits per heavy atom. The second-order valence-corrected chi connectivity index (χ2v) is 4.80. The van der Waals surface area contributed by atoms with Gasteiger partial charge < -0.3 is 15.8 Å². The number of nitrogens with zero attached hydrogens (tertiary/aromatic N) is 1. The molecule has 1 rings (SSSR count). The van der Waals surface area contributed by atoms with Crippen LogP contribution < -0.4 is 11.1 Å². The lowest BCUT2D eigenvalue weighted by Gasteiger charge is -2.07. The SMILES string of the molecule is CC(C)OCCCNC(=O)c1csc(CN)n1. The summed E-state index contributed by atoms with van der Waals surface area (Å²) in [4.78, 5) is 15.7. The normalized spacial score (nSPS) is 10.8. The fourth-order valence-corrected chi connectivity index (χ4v) is 1.85. The lowest BCUT2D eigenvalue weighted by molar-refractivity contribution is 0.0756. The van der Waals surface area contributed by atoms with Crippen LogP contribution >= 0.6 is 11.3 Å². The summed E-state index contributed by atoms with van der Waals surface area (Å²) in [5.74, 6) is -0.148. The summed E-state index contributed by atoms with van der Waals surface area (Å²) < 4.78 is 5.37. The molecule has 0 unspecified atom stereocenters. The van der Waals surface area contributed by atoms with Gasteiger partial charge in [-0.25, -0.2) is 4.98 Å². The summed E-state index contributed by atoms with van der Waals surface area (Å²) in [6.45, 7) is 5.61. The zero-order valence-corrected chi connectivity index (χ0v) is 11.0. The highest BCUT2D eigenvalue weighted by Gasteiger charge is 2.09. The van der Waals surface area contributed by atoms with E-state index >= 15 is 0 Å². The van der Waals surface area contributed by atoms with Gasteiger partial charge in [0.2, 0.25) is 0 Å². The molecule has 0 bridgehead atoms. The van der Waals surface area contributed by atoms with Gasteiger partial charge in [0.25, 0.3) is 5.91 Å². The molecule has 17 heavy (non-hydrogen) atoms. The third kappa shape index (κ3) is 5.25. The smallest absolute Gasteiger partial charge is 0.270 e. The number of ether oxygens (including phenoxy) is 1. The molecule has 0 saturated heterocycles. The number of carbonyl (C=O) groups is 1. The van der Waals surface area contributed by atoms with Gasteiger partial charge in [0.15, 0.2) is 0 Å². The molecule has 5 nitrogen and oxygen atoms in total. The van der Waals surface area contributed by atoms with E-state index in [1.54, 1.807) is 5.38 Å². The Morgan fingerprint density at radius 1 is 1.65 bits per heavy atom. The van der Waals surface area contributed by atoms with Gasteiger partial charge in [-0.2, -0.15) is 0 Å². The molecule has 1 amide bonds. The first kappa shape index (κ1) is 14.1. The molecule has 0 aliphatic rings. The molecule has 3 N–H and O–H groups in total. The topological polar surface area (TPSA) is 77.2 Å². The lowest BCUT2D eigenvalue weighted by Crippen LogP contribution is -2.26. The highest BCUT2D eigenvalue weighted by Crippen LogP contribution is 2.08. The number of thiazole rings is 1. The molecule has 1 heterocycles. The predicted molar refractivity (Wildman–Crippen MR) is 68.0 cm³/mol. The molecule has 96 valence electrons. The van der Waals surface area contributed by atoms with Crippen LogP contribution in [0.15, 0.2) is 5.38 Å². The first-order valence-electron chi connectivity index (χ1n) is 5.67. The standard InChI is InChI=1S/C11H19N3O2S/c1-8(2)16-5-3-4-13-11(15)9-7-17-10(6-12)14-9/h7-8H,3-6,12H2,1-2H3,(H,13,15). The Bertz CT molecular complexity index is 352. The molecule has 0 saturated carbocycles. The van der Waals surface area contributed by atoms with E-state index in [9.17, 15) is 4.79 Å². The van der Waals surface area contributed by atoms with Crippen molar-refractivity contribution in [1.29, 1.82) is 0 Å². The summed E-state index contributed by atoms with van der Waals surface area (Å²) >= 11 is 1.40. The maximum atomic E-state index is 11.6. The largest absolute Gasteiger partial charge is 0.379 e. The highest BCUT2D eigenvalue weighted by molar-refractivity contribution is 7.09. The second kappa shape index (κ2) is 7.37. The van der Waals surface area contributed by atoms with Gasteiger partial charge in [-0.15, -0.1) is 11.3 Å². The minimum absolute atomic E-state index is 0.148. The van der Waals surface area contributed by atoms with E-state index in [1.165, 1.54) is 11.3 Å². The van der Waals surface area contributed by atoms with Crippen molar-refractivity contribution in [3.05, 3.63) is 16.1 Å². The Hall–Kier alpha value is -0.980. The van der Waals surface area contributed by atoms with Crippen molar-refractivity contribution in [2.75, 3.05) is 13.2 Å². The van der Waals surface area contributed by atoms with Gasteiger partial charge in [0.1, 0.15) is 10.7 Å². The van der Waals surface area contributed by atoms with E-state index in [0.29, 0.717) is 25.4 Å². The molecule has 0 aliphatic carbocycles. The average Bonchev–Trinajstić information content (AvgIpc) is 2.76. The minimum atomic E-state index is -0.148.